The molecule has 0 saturated heterocycles. The van der Waals surface area contributed by atoms with Gasteiger partial charge in [-0.1, -0.05) is 0 Å². The molecule has 5 N–H and O–H groups in total. The van der Waals surface area contributed by atoms with E-state index in [0.717, 1.165) is 12.1 Å². The van der Waals surface area contributed by atoms with E-state index in [4.69, 9.17) is 10.3 Å². The monoisotopic (exact) mass is 372 g/mol. The Morgan fingerprint density at radius 1 is 0.917 bits per heavy atom. The highest BCUT2D eigenvalue weighted by atomic mass is 32.2. The zero-order valence-corrected chi connectivity index (χ0v) is 13.5. The maximum Gasteiger partial charge on any atom is 0.296 e. The number of anilines is 2. The second-order valence-electron chi connectivity index (χ2n) is 4.68. The molecule has 0 bridgehead atoms. The van der Waals surface area contributed by atoms with Crippen LogP contribution in [0.3, 0.4) is 0 Å². The molecule has 0 aromatic heterocycles. The summed E-state index contributed by atoms with van der Waals surface area (Å²) in [5.41, 5.74) is 5.71. The third kappa shape index (κ3) is 4.08. The predicted molar refractivity (Wildman–Crippen MR) is 84.9 cm³/mol. The summed E-state index contributed by atoms with van der Waals surface area (Å²) < 4.78 is 63.1. The molecule has 9 nitrogen and oxygen atoms in total. The fourth-order valence-corrected chi connectivity index (χ4v) is 3.06. The lowest BCUT2D eigenvalue weighted by Crippen LogP contribution is -2.15. The molecular weight excluding hydrogens is 360 g/mol. The Morgan fingerprint density at radius 2 is 1.50 bits per heavy atom. The highest BCUT2D eigenvalue weighted by molar-refractivity contribution is 7.86. The van der Waals surface area contributed by atoms with Gasteiger partial charge in [0.25, 0.3) is 26.1 Å². The fraction of sp³-hybridized carbons (Fsp3) is 0. The van der Waals surface area contributed by atoms with Crippen LogP contribution in [0, 0.1) is 0 Å². The van der Waals surface area contributed by atoms with Crippen molar-refractivity contribution < 1.29 is 30.7 Å². The second-order valence-corrected chi connectivity index (χ2v) is 7.50. The number of carbonyl (C=O) groups excluding carboxylic acids is 1. The quantitative estimate of drug-likeness (QED) is 0.456. The third-order valence-electron chi connectivity index (χ3n) is 2.95. The van der Waals surface area contributed by atoms with Crippen molar-refractivity contribution in [2.75, 3.05) is 11.1 Å². The van der Waals surface area contributed by atoms with E-state index < -0.39 is 35.9 Å². The van der Waals surface area contributed by atoms with E-state index in [1.54, 1.807) is 0 Å². The van der Waals surface area contributed by atoms with E-state index in [2.05, 4.69) is 5.32 Å². The third-order valence-corrected chi connectivity index (χ3v) is 4.69. The number of nitrogens with one attached hydrogen (secondary N) is 1. The summed E-state index contributed by atoms with van der Waals surface area (Å²) in [7, 11) is -9.55. The molecule has 0 atom stereocenters. The molecule has 2 aromatic rings. The molecule has 0 aliphatic carbocycles. The number of nitrogen functional groups attached to an aromatic ring is 1. The van der Waals surface area contributed by atoms with Crippen molar-refractivity contribution >= 4 is 37.5 Å². The SMILES string of the molecule is Nc1ccc(C(=O)Nc2ccc(S(=O)(=O)O)cc2S(=O)(=O)O)cc1. The number of hydrogen-bond donors (Lipinski definition) is 4. The van der Waals surface area contributed by atoms with Crippen molar-refractivity contribution in [2.24, 2.45) is 0 Å². The molecule has 0 heterocycles. The zero-order chi connectivity index (χ0) is 18.1. The van der Waals surface area contributed by atoms with Crippen LogP contribution in [0.1, 0.15) is 10.4 Å². The molecule has 2 aromatic carbocycles. The van der Waals surface area contributed by atoms with Crippen LogP contribution in [0.15, 0.2) is 52.3 Å². The molecule has 0 unspecified atom stereocenters. The fourth-order valence-electron chi connectivity index (χ4n) is 1.81. The van der Waals surface area contributed by atoms with Gasteiger partial charge in [0, 0.05) is 11.3 Å². The standard InChI is InChI=1S/C13H12N2O7S2/c14-9-3-1-8(2-4-9)13(16)15-11-6-5-10(23(17,18)19)7-12(11)24(20,21)22/h1-7H,14H2,(H,15,16)(H,17,18,19)(H,20,21,22). The molecule has 0 radical (unpaired) electrons. The molecule has 0 spiro atoms. The first-order valence-electron chi connectivity index (χ1n) is 6.24. The minimum atomic E-state index is -4.86. The van der Waals surface area contributed by atoms with Crippen LogP contribution in [-0.2, 0) is 20.2 Å². The maximum absolute atomic E-state index is 12.1. The number of amides is 1. The number of benzene rings is 2. The smallest absolute Gasteiger partial charge is 0.296 e. The number of carbonyl (C=O) groups is 1. The minimum Gasteiger partial charge on any atom is -0.399 e. The van der Waals surface area contributed by atoms with Crippen molar-refractivity contribution in [3.63, 3.8) is 0 Å². The maximum atomic E-state index is 12.1. The first-order chi connectivity index (χ1) is 11.0. The Balaban J connectivity index is 2.46. The van der Waals surface area contributed by atoms with Crippen LogP contribution >= 0.6 is 0 Å². The van der Waals surface area contributed by atoms with Crippen LogP contribution < -0.4 is 11.1 Å². The van der Waals surface area contributed by atoms with Crippen LogP contribution in [0.4, 0.5) is 11.4 Å². The van der Waals surface area contributed by atoms with Gasteiger partial charge < -0.3 is 11.1 Å². The molecule has 128 valence electrons. The first-order valence-corrected chi connectivity index (χ1v) is 9.12. The highest BCUT2D eigenvalue weighted by Gasteiger charge is 2.21. The van der Waals surface area contributed by atoms with Crippen molar-refractivity contribution in [2.45, 2.75) is 9.79 Å². The molecule has 11 heteroatoms. The lowest BCUT2D eigenvalue weighted by molar-refractivity contribution is 0.102. The predicted octanol–water partition coefficient (Wildman–Crippen LogP) is 1.01. The average Bonchev–Trinajstić information content (AvgIpc) is 2.46. The Bertz CT molecular complexity index is 997. The van der Waals surface area contributed by atoms with Gasteiger partial charge in [0.05, 0.1) is 10.6 Å². The largest absolute Gasteiger partial charge is 0.399 e. The number of hydrogen-bond acceptors (Lipinski definition) is 6. The Morgan fingerprint density at radius 3 is 2.00 bits per heavy atom. The van der Waals surface area contributed by atoms with E-state index in [1.165, 1.54) is 24.3 Å². The molecule has 0 fully saturated rings. The lowest BCUT2D eigenvalue weighted by Gasteiger charge is -2.10. The topological polar surface area (TPSA) is 164 Å². The van der Waals surface area contributed by atoms with Gasteiger partial charge in [-0.2, -0.15) is 16.8 Å². The molecular formula is C13H12N2O7S2. The second kappa shape index (κ2) is 6.20. The van der Waals surface area contributed by atoms with Crippen LogP contribution in [0.5, 0.6) is 0 Å². The van der Waals surface area contributed by atoms with Crippen LogP contribution in [0.25, 0.3) is 0 Å². The van der Waals surface area contributed by atoms with Gasteiger partial charge in [-0.15, -0.1) is 0 Å². The molecule has 1 amide bonds. The first kappa shape index (κ1) is 17.9. The van der Waals surface area contributed by atoms with E-state index in [9.17, 15) is 26.2 Å². The van der Waals surface area contributed by atoms with Crippen LogP contribution in [-0.4, -0.2) is 31.8 Å². The lowest BCUT2D eigenvalue weighted by atomic mass is 10.2. The van der Waals surface area contributed by atoms with Crippen molar-refractivity contribution in [3.8, 4) is 0 Å². The number of rotatable bonds is 4. The van der Waals surface area contributed by atoms with Crippen molar-refractivity contribution in [1.29, 1.82) is 0 Å². The molecule has 0 aliphatic heterocycles. The summed E-state index contributed by atoms with van der Waals surface area (Å²) in [6.07, 6.45) is 0. The van der Waals surface area contributed by atoms with Gasteiger partial charge in [-0.3, -0.25) is 13.9 Å². The Labute approximate surface area is 137 Å². The summed E-state index contributed by atoms with van der Waals surface area (Å²) in [5, 5.41) is 2.24. The van der Waals surface area contributed by atoms with E-state index >= 15 is 0 Å². The van der Waals surface area contributed by atoms with Gasteiger partial charge in [0.1, 0.15) is 4.90 Å². The van der Waals surface area contributed by atoms with Gasteiger partial charge in [0.15, 0.2) is 0 Å². The van der Waals surface area contributed by atoms with Gasteiger partial charge in [-0.05, 0) is 42.5 Å². The van der Waals surface area contributed by atoms with Gasteiger partial charge in [0.2, 0.25) is 0 Å². The van der Waals surface area contributed by atoms with E-state index in [0.29, 0.717) is 11.8 Å². The summed E-state index contributed by atoms with van der Waals surface area (Å²) in [6, 6.07) is 8.04. The Kier molecular flexibility index (Phi) is 4.62. The molecule has 0 aliphatic rings. The Hall–Kier alpha value is -2.47. The van der Waals surface area contributed by atoms with Gasteiger partial charge in [-0.25, -0.2) is 0 Å². The van der Waals surface area contributed by atoms with E-state index in [1.807, 2.05) is 0 Å². The highest BCUT2D eigenvalue weighted by Crippen LogP contribution is 2.25. The van der Waals surface area contributed by atoms with Gasteiger partial charge >= 0.3 is 0 Å². The van der Waals surface area contributed by atoms with Crippen molar-refractivity contribution in [1.82, 2.24) is 0 Å². The normalized spacial score (nSPS) is 11.9. The van der Waals surface area contributed by atoms with Crippen LogP contribution in [0.2, 0.25) is 0 Å². The van der Waals surface area contributed by atoms with Crippen molar-refractivity contribution in [3.05, 3.63) is 48.0 Å². The van der Waals surface area contributed by atoms with E-state index in [-0.39, 0.29) is 11.3 Å². The molecule has 0 saturated carbocycles. The summed E-state index contributed by atoms with van der Waals surface area (Å²) >= 11 is 0. The summed E-state index contributed by atoms with van der Waals surface area (Å²) in [5.74, 6) is -0.709. The number of nitrogens with two attached hydrogens (primary N) is 1. The summed E-state index contributed by atoms with van der Waals surface area (Å²) in [4.78, 5) is 10.5. The summed E-state index contributed by atoms with van der Waals surface area (Å²) in [6.45, 7) is 0. The minimum absolute atomic E-state index is 0.157. The molecule has 2 rings (SSSR count). The zero-order valence-electron chi connectivity index (χ0n) is 11.9. The molecule has 24 heavy (non-hydrogen) atoms. The average molecular weight is 372 g/mol.